The molecule has 2 aromatic rings. The smallest absolute Gasteiger partial charge is 0.253 e. The van der Waals surface area contributed by atoms with Gasteiger partial charge in [0.2, 0.25) is 0 Å². The van der Waals surface area contributed by atoms with Gasteiger partial charge in [-0.3, -0.25) is 14.6 Å². The van der Waals surface area contributed by atoms with Crippen molar-refractivity contribution in [2.45, 2.75) is 86.0 Å². The molecule has 1 heterocycles. The zero-order valence-electron chi connectivity index (χ0n) is 20.3. The summed E-state index contributed by atoms with van der Waals surface area (Å²) in [5, 5.41) is 0. The monoisotopic (exact) mass is 422 g/mol. The third kappa shape index (κ3) is 5.23. The van der Waals surface area contributed by atoms with Crippen LogP contribution in [0, 0.1) is 19.8 Å². The van der Waals surface area contributed by atoms with E-state index in [0.717, 1.165) is 54.5 Å². The number of nitrogens with zero attached hydrogens (tertiary/aromatic N) is 1. The number of H-pyrrole nitrogens is 1. The Morgan fingerprint density at radius 2 is 1.74 bits per heavy atom. The van der Waals surface area contributed by atoms with Crippen molar-refractivity contribution in [3.63, 3.8) is 0 Å². The van der Waals surface area contributed by atoms with E-state index in [-0.39, 0.29) is 11.5 Å². The van der Waals surface area contributed by atoms with Crippen LogP contribution in [0.2, 0.25) is 0 Å². The summed E-state index contributed by atoms with van der Waals surface area (Å²) in [6.07, 6.45) is 6.27. The summed E-state index contributed by atoms with van der Waals surface area (Å²) >= 11 is 0. The normalized spacial score (nSPS) is 12.1. The van der Waals surface area contributed by atoms with Gasteiger partial charge in [-0.25, -0.2) is 0 Å². The van der Waals surface area contributed by atoms with Gasteiger partial charge >= 0.3 is 0 Å². The van der Waals surface area contributed by atoms with Gasteiger partial charge in [0.25, 0.3) is 5.56 Å². The molecule has 0 saturated heterocycles. The molecular formula is C27H38N2O2. The lowest BCUT2D eigenvalue weighted by Crippen LogP contribution is -2.39. The summed E-state index contributed by atoms with van der Waals surface area (Å²) in [6, 6.07) is 8.16. The maximum Gasteiger partial charge on any atom is 0.253 e. The minimum Gasteiger partial charge on any atom is -0.322 e. The maximum atomic E-state index is 13.4. The van der Waals surface area contributed by atoms with Crippen LogP contribution in [0.4, 0.5) is 5.69 Å². The number of aliphatic imine (C=N–C) groups is 1. The standard InChI is InChI=1S/C27H38N2O2/c1-8-13-27(14-9-2,25(30)18(4)5)22-12-11-21(16-19(22)6)24-17-23(28-15-10-3)20(7)26(31)29-24/h11-12,15-18H,8-10,13-14H2,1-7H3,(H,29,31). The fourth-order valence-electron chi connectivity index (χ4n) is 4.64. The molecule has 0 radical (unpaired) electrons. The van der Waals surface area contributed by atoms with Crippen LogP contribution in [0.1, 0.15) is 83.4 Å². The molecule has 1 aromatic heterocycles. The highest BCUT2D eigenvalue weighted by molar-refractivity contribution is 5.92. The maximum absolute atomic E-state index is 13.4. The van der Waals surface area contributed by atoms with Crippen LogP contribution in [0.3, 0.4) is 0 Å². The lowest BCUT2D eigenvalue weighted by Gasteiger charge is -2.36. The topological polar surface area (TPSA) is 62.3 Å². The SMILES string of the molecule is CCC=Nc1cc(-c2ccc(C(CCC)(CCC)C(=O)C(C)C)c(C)c2)[nH]c(=O)c1C. The van der Waals surface area contributed by atoms with Crippen LogP contribution < -0.4 is 5.56 Å². The van der Waals surface area contributed by atoms with Crippen molar-refractivity contribution in [3.05, 3.63) is 51.3 Å². The van der Waals surface area contributed by atoms with Gasteiger partial charge in [-0.2, -0.15) is 0 Å². The summed E-state index contributed by atoms with van der Waals surface area (Å²) in [7, 11) is 0. The number of hydrogen-bond acceptors (Lipinski definition) is 3. The zero-order valence-corrected chi connectivity index (χ0v) is 20.3. The minimum atomic E-state index is -0.447. The van der Waals surface area contributed by atoms with Gasteiger partial charge in [0.1, 0.15) is 5.78 Å². The number of aromatic amines is 1. The van der Waals surface area contributed by atoms with Gasteiger partial charge in [-0.15, -0.1) is 0 Å². The quantitative estimate of drug-likeness (QED) is 0.426. The number of hydrogen-bond donors (Lipinski definition) is 1. The summed E-state index contributed by atoms with van der Waals surface area (Å²) < 4.78 is 0. The highest BCUT2D eigenvalue weighted by Gasteiger charge is 2.40. The van der Waals surface area contributed by atoms with E-state index in [1.54, 1.807) is 6.92 Å². The van der Waals surface area contributed by atoms with E-state index in [0.29, 0.717) is 17.0 Å². The second kappa shape index (κ2) is 10.7. The van der Waals surface area contributed by atoms with Gasteiger partial charge in [-0.05, 0) is 61.9 Å². The first-order chi connectivity index (χ1) is 14.7. The first-order valence-corrected chi connectivity index (χ1v) is 11.6. The molecule has 31 heavy (non-hydrogen) atoms. The Bertz CT molecular complexity index is 993. The molecule has 1 aromatic carbocycles. The third-order valence-electron chi connectivity index (χ3n) is 6.07. The molecule has 0 aliphatic rings. The molecule has 0 aliphatic carbocycles. The fourth-order valence-corrected chi connectivity index (χ4v) is 4.64. The van der Waals surface area contributed by atoms with Crippen LogP contribution in [0.15, 0.2) is 34.1 Å². The number of ketones is 1. The Balaban J connectivity index is 2.63. The predicted molar refractivity (Wildman–Crippen MR) is 132 cm³/mol. The van der Waals surface area contributed by atoms with Gasteiger partial charge in [-0.1, -0.05) is 59.6 Å². The van der Waals surface area contributed by atoms with Crippen molar-refractivity contribution >= 4 is 17.7 Å². The average molecular weight is 423 g/mol. The van der Waals surface area contributed by atoms with E-state index in [9.17, 15) is 9.59 Å². The number of aryl methyl sites for hydroxylation is 1. The van der Waals surface area contributed by atoms with Crippen LogP contribution in [-0.2, 0) is 10.2 Å². The predicted octanol–water partition coefficient (Wildman–Crippen LogP) is 6.83. The second-order valence-corrected chi connectivity index (χ2v) is 8.87. The van der Waals surface area contributed by atoms with E-state index >= 15 is 0 Å². The highest BCUT2D eigenvalue weighted by atomic mass is 16.1. The minimum absolute atomic E-state index is 0.00962. The lowest BCUT2D eigenvalue weighted by atomic mass is 9.66. The van der Waals surface area contributed by atoms with Crippen LogP contribution in [0.25, 0.3) is 11.3 Å². The first-order valence-electron chi connectivity index (χ1n) is 11.6. The second-order valence-electron chi connectivity index (χ2n) is 8.87. The fraction of sp³-hybridized carbons (Fsp3) is 0.519. The van der Waals surface area contributed by atoms with Gasteiger partial charge < -0.3 is 4.98 Å². The number of rotatable bonds is 10. The molecule has 4 nitrogen and oxygen atoms in total. The molecular weight excluding hydrogens is 384 g/mol. The van der Waals surface area contributed by atoms with Gasteiger partial charge in [0.15, 0.2) is 0 Å². The molecule has 2 rings (SSSR count). The Morgan fingerprint density at radius 1 is 1.10 bits per heavy atom. The molecule has 0 fully saturated rings. The van der Waals surface area contributed by atoms with E-state index in [4.69, 9.17) is 0 Å². The molecule has 1 N–H and O–H groups in total. The number of benzene rings is 1. The van der Waals surface area contributed by atoms with Crippen molar-refractivity contribution in [3.8, 4) is 11.3 Å². The number of carbonyl (C=O) groups is 1. The molecule has 168 valence electrons. The number of aromatic nitrogens is 1. The number of nitrogens with one attached hydrogen (secondary N) is 1. The Morgan fingerprint density at radius 3 is 2.26 bits per heavy atom. The van der Waals surface area contributed by atoms with Gasteiger partial charge in [0, 0.05) is 17.7 Å². The number of carbonyl (C=O) groups excluding carboxylic acids is 1. The molecule has 0 bridgehead atoms. The summed E-state index contributed by atoms with van der Waals surface area (Å²) in [6.45, 7) is 14.2. The van der Waals surface area contributed by atoms with E-state index in [1.165, 1.54) is 0 Å². The Labute approximate surface area is 187 Å². The molecule has 0 atom stereocenters. The van der Waals surface area contributed by atoms with Crippen molar-refractivity contribution in [2.75, 3.05) is 0 Å². The van der Waals surface area contributed by atoms with Crippen molar-refractivity contribution < 1.29 is 4.79 Å². The summed E-state index contributed by atoms with van der Waals surface area (Å²) in [5.74, 6) is 0.316. The summed E-state index contributed by atoms with van der Waals surface area (Å²) in [5.41, 5.74) is 4.65. The Kier molecular flexibility index (Phi) is 8.55. The van der Waals surface area contributed by atoms with E-state index < -0.39 is 5.41 Å². The van der Waals surface area contributed by atoms with E-state index in [2.05, 4.69) is 42.9 Å². The average Bonchev–Trinajstić information content (AvgIpc) is 2.73. The number of Topliss-reactive ketones (excluding diaryl/α,β-unsaturated/α-hetero) is 1. The lowest BCUT2D eigenvalue weighted by molar-refractivity contribution is -0.128. The molecule has 0 unspecified atom stereocenters. The molecule has 0 aliphatic heterocycles. The molecule has 0 spiro atoms. The van der Waals surface area contributed by atoms with Crippen molar-refractivity contribution in [1.29, 1.82) is 0 Å². The Hall–Kier alpha value is -2.49. The highest BCUT2D eigenvalue weighted by Crippen LogP contribution is 2.40. The van der Waals surface area contributed by atoms with Crippen LogP contribution in [-0.4, -0.2) is 17.0 Å². The third-order valence-corrected chi connectivity index (χ3v) is 6.07. The van der Waals surface area contributed by atoms with Crippen molar-refractivity contribution in [1.82, 2.24) is 4.98 Å². The van der Waals surface area contributed by atoms with Gasteiger partial charge in [0.05, 0.1) is 16.8 Å². The summed E-state index contributed by atoms with van der Waals surface area (Å²) in [4.78, 5) is 33.3. The van der Waals surface area contributed by atoms with Crippen molar-refractivity contribution in [2.24, 2.45) is 10.9 Å². The number of pyridine rings is 1. The molecule has 0 amide bonds. The first kappa shape index (κ1) is 24.8. The van der Waals surface area contributed by atoms with E-state index in [1.807, 2.05) is 39.1 Å². The zero-order chi connectivity index (χ0) is 23.2. The molecule has 0 saturated carbocycles. The largest absolute Gasteiger partial charge is 0.322 e. The van der Waals surface area contributed by atoms with Crippen LogP contribution in [0.5, 0.6) is 0 Å². The molecule has 4 heteroatoms. The van der Waals surface area contributed by atoms with Crippen LogP contribution >= 0.6 is 0 Å².